The van der Waals surface area contributed by atoms with Crippen LogP contribution in [0.4, 0.5) is 0 Å². The zero-order valence-corrected chi connectivity index (χ0v) is 14.2. The minimum atomic E-state index is -4.77. The van der Waals surface area contributed by atoms with Gasteiger partial charge in [-0.1, -0.05) is 0 Å². The Labute approximate surface area is 141 Å². The van der Waals surface area contributed by atoms with Crippen molar-refractivity contribution < 1.29 is 33.8 Å². The molecule has 3 rings (SSSR count). The van der Waals surface area contributed by atoms with Gasteiger partial charge in [-0.15, -0.1) is 0 Å². The van der Waals surface area contributed by atoms with Crippen LogP contribution in [0.1, 0.15) is 6.23 Å². The minimum absolute atomic E-state index is 0.0598. The number of ether oxygens (including phenoxy) is 1. The number of halogens is 1. The van der Waals surface area contributed by atoms with Gasteiger partial charge in [0.25, 0.3) is 5.56 Å². The van der Waals surface area contributed by atoms with Crippen molar-refractivity contribution in [1.82, 2.24) is 19.5 Å². The van der Waals surface area contributed by atoms with E-state index in [1.54, 1.807) is 0 Å². The number of aromatic amines is 1. The van der Waals surface area contributed by atoms with Crippen LogP contribution in [0.3, 0.4) is 0 Å². The van der Waals surface area contributed by atoms with E-state index in [1.165, 1.54) is 0 Å². The van der Waals surface area contributed by atoms with Crippen LogP contribution >= 0.6 is 23.8 Å². The Balaban J connectivity index is 1.88. The SMILES string of the molecule is O=c1c2[nH]c(Br)nc2ncn1[C@@H]1O[C@H](COP(=O)(O)O)[C@@H](O)[C@H]1O. The molecular formula is C10H12BrN4O8P. The number of H-pyrrole nitrogens is 1. The number of phosphoric ester groups is 1. The number of aliphatic hydroxyl groups is 2. The van der Waals surface area contributed by atoms with E-state index in [0.717, 1.165) is 10.9 Å². The van der Waals surface area contributed by atoms with Crippen LogP contribution < -0.4 is 5.56 Å². The van der Waals surface area contributed by atoms with Gasteiger partial charge in [0.2, 0.25) is 0 Å². The Bertz CT molecular complexity index is 864. The van der Waals surface area contributed by atoms with Crippen molar-refractivity contribution in [2.45, 2.75) is 24.5 Å². The number of nitrogens with one attached hydrogen (secondary N) is 1. The maximum absolute atomic E-state index is 12.4. The fourth-order valence-corrected chi connectivity index (χ4v) is 3.03. The summed E-state index contributed by atoms with van der Waals surface area (Å²) in [5, 5.41) is 20.0. The molecular weight excluding hydrogens is 415 g/mol. The zero-order valence-electron chi connectivity index (χ0n) is 11.7. The van der Waals surface area contributed by atoms with E-state index in [-0.39, 0.29) is 11.2 Å². The molecule has 0 amide bonds. The molecule has 5 N–H and O–H groups in total. The zero-order chi connectivity index (χ0) is 17.6. The van der Waals surface area contributed by atoms with Crippen molar-refractivity contribution in [3.8, 4) is 0 Å². The van der Waals surface area contributed by atoms with Crippen LogP contribution in [0.15, 0.2) is 15.9 Å². The Hall–Kier alpha value is -1.18. The molecule has 0 aliphatic carbocycles. The molecule has 2 aromatic heterocycles. The van der Waals surface area contributed by atoms with E-state index in [9.17, 15) is 19.6 Å². The summed E-state index contributed by atoms with van der Waals surface area (Å²) in [6.07, 6.45) is -4.51. The number of imidazole rings is 1. The molecule has 3 heterocycles. The molecule has 1 aliphatic rings. The average molecular weight is 427 g/mol. The predicted molar refractivity (Wildman–Crippen MR) is 79.8 cm³/mol. The molecule has 1 aliphatic heterocycles. The van der Waals surface area contributed by atoms with E-state index < -0.39 is 44.5 Å². The third kappa shape index (κ3) is 3.30. The first-order chi connectivity index (χ1) is 11.2. The number of hydrogen-bond donors (Lipinski definition) is 5. The fraction of sp³-hybridized carbons (Fsp3) is 0.500. The van der Waals surface area contributed by atoms with E-state index in [2.05, 4.69) is 35.4 Å². The van der Waals surface area contributed by atoms with Crippen LogP contribution in [0, 0.1) is 0 Å². The monoisotopic (exact) mass is 426 g/mol. The first-order valence-electron chi connectivity index (χ1n) is 6.51. The van der Waals surface area contributed by atoms with Crippen molar-refractivity contribution in [3.63, 3.8) is 0 Å². The first kappa shape index (κ1) is 17.6. The number of rotatable bonds is 4. The maximum atomic E-state index is 12.4. The molecule has 0 radical (unpaired) electrons. The minimum Gasteiger partial charge on any atom is -0.387 e. The molecule has 12 nitrogen and oxygen atoms in total. The van der Waals surface area contributed by atoms with Crippen molar-refractivity contribution in [3.05, 3.63) is 21.4 Å². The molecule has 1 fully saturated rings. The van der Waals surface area contributed by atoms with Gasteiger partial charge >= 0.3 is 7.82 Å². The molecule has 0 bridgehead atoms. The standard InChI is InChI=1S/C10H12BrN4O8P/c11-10-13-4-7(14-10)12-2-15(8(4)18)9-6(17)5(16)3(23-9)1-22-24(19,20)21/h2-3,5-6,9,16-17H,1H2,(H,13,14)(H2,19,20,21)/t3-,5-,6-,9-/m1/s1. The first-order valence-corrected chi connectivity index (χ1v) is 8.84. The number of phosphoric acid groups is 1. The van der Waals surface area contributed by atoms with Gasteiger partial charge in [-0.05, 0) is 15.9 Å². The van der Waals surface area contributed by atoms with Crippen LogP contribution in [-0.2, 0) is 13.8 Å². The topological polar surface area (TPSA) is 180 Å². The largest absolute Gasteiger partial charge is 0.469 e. The molecule has 0 saturated carbocycles. The van der Waals surface area contributed by atoms with Crippen molar-refractivity contribution in [2.75, 3.05) is 6.61 Å². The van der Waals surface area contributed by atoms with Gasteiger partial charge in [0.1, 0.15) is 24.6 Å². The van der Waals surface area contributed by atoms with E-state index in [1.807, 2.05) is 0 Å². The normalized spacial score (nSPS) is 27.9. The van der Waals surface area contributed by atoms with E-state index in [0.29, 0.717) is 4.73 Å². The highest BCUT2D eigenvalue weighted by Gasteiger charge is 2.45. The number of aliphatic hydroxyl groups excluding tert-OH is 2. The summed E-state index contributed by atoms with van der Waals surface area (Å²) in [6.45, 7) is -0.668. The lowest BCUT2D eigenvalue weighted by molar-refractivity contribution is -0.0538. The summed E-state index contributed by atoms with van der Waals surface area (Å²) < 4.78 is 21.5. The second kappa shape index (κ2) is 6.28. The highest BCUT2D eigenvalue weighted by Crippen LogP contribution is 2.38. The summed E-state index contributed by atoms with van der Waals surface area (Å²) >= 11 is 3.07. The summed E-state index contributed by atoms with van der Waals surface area (Å²) in [4.78, 5) is 40.3. The van der Waals surface area contributed by atoms with Crippen molar-refractivity contribution >= 4 is 34.9 Å². The number of fused-ring (bicyclic) bond motifs is 1. The molecule has 24 heavy (non-hydrogen) atoms. The van der Waals surface area contributed by atoms with Crippen molar-refractivity contribution in [1.29, 1.82) is 0 Å². The number of hydrogen-bond acceptors (Lipinski definition) is 8. The fourth-order valence-electron chi connectivity index (χ4n) is 2.33. The lowest BCUT2D eigenvalue weighted by Gasteiger charge is -2.16. The second-order valence-electron chi connectivity index (χ2n) is 5.02. The van der Waals surface area contributed by atoms with Crippen LogP contribution in [0.2, 0.25) is 0 Å². The van der Waals surface area contributed by atoms with Gasteiger partial charge in [0, 0.05) is 0 Å². The number of aromatic nitrogens is 4. The molecule has 2 aromatic rings. The molecule has 0 spiro atoms. The molecule has 0 aromatic carbocycles. The Morgan fingerprint density at radius 3 is 2.79 bits per heavy atom. The van der Waals surface area contributed by atoms with Gasteiger partial charge in [0.05, 0.1) is 6.61 Å². The van der Waals surface area contributed by atoms with Gasteiger partial charge in [0.15, 0.2) is 22.1 Å². The lowest BCUT2D eigenvalue weighted by Crippen LogP contribution is -2.35. The second-order valence-corrected chi connectivity index (χ2v) is 7.01. The Morgan fingerprint density at radius 2 is 2.12 bits per heavy atom. The van der Waals surface area contributed by atoms with Crippen LogP contribution in [0.25, 0.3) is 11.2 Å². The van der Waals surface area contributed by atoms with Gasteiger partial charge in [-0.25, -0.2) is 14.5 Å². The molecule has 0 unspecified atom stereocenters. The van der Waals surface area contributed by atoms with E-state index >= 15 is 0 Å². The van der Waals surface area contributed by atoms with E-state index in [4.69, 9.17) is 14.5 Å². The number of nitrogens with zero attached hydrogens (tertiary/aromatic N) is 3. The highest BCUT2D eigenvalue weighted by molar-refractivity contribution is 9.10. The summed E-state index contributed by atoms with van der Waals surface area (Å²) in [7, 11) is -4.77. The van der Waals surface area contributed by atoms with Gasteiger partial charge in [-0.3, -0.25) is 13.9 Å². The quantitative estimate of drug-likeness (QED) is 0.288. The smallest absolute Gasteiger partial charge is 0.387 e. The molecule has 132 valence electrons. The predicted octanol–water partition coefficient (Wildman–Crippen LogP) is -1.39. The summed E-state index contributed by atoms with van der Waals surface area (Å²) in [5.41, 5.74) is -0.395. The average Bonchev–Trinajstić information content (AvgIpc) is 2.99. The van der Waals surface area contributed by atoms with Gasteiger partial charge < -0.3 is 29.7 Å². The lowest BCUT2D eigenvalue weighted by atomic mass is 10.1. The summed E-state index contributed by atoms with van der Waals surface area (Å²) in [5.74, 6) is 0. The van der Waals surface area contributed by atoms with Crippen molar-refractivity contribution in [2.24, 2.45) is 0 Å². The third-order valence-electron chi connectivity index (χ3n) is 3.43. The van der Waals surface area contributed by atoms with Gasteiger partial charge in [-0.2, -0.15) is 0 Å². The molecule has 1 saturated heterocycles. The summed E-state index contributed by atoms with van der Waals surface area (Å²) in [6, 6.07) is 0. The Kier molecular flexibility index (Phi) is 4.61. The van der Waals surface area contributed by atoms with Crippen LogP contribution in [0.5, 0.6) is 0 Å². The third-order valence-corrected chi connectivity index (χ3v) is 4.29. The molecule has 4 atom stereocenters. The molecule has 14 heteroatoms. The highest BCUT2D eigenvalue weighted by atomic mass is 79.9. The van der Waals surface area contributed by atoms with Crippen LogP contribution in [-0.4, -0.2) is 64.4 Å². The maximum Gasteiger partial charge on any atom is 0.469 e. The Morgan fingerprint density at radius 1 is 1.42 bits per heavy atom.